The topological polar surface area (TPSA) is 20.2 Å². The fourth-order valence-electron chi connectivity index (χ4n) is 1.61. The lowest BCUT2D eigenvalue weighted by Gasteiger charge is -2.13. The van der Waals surface area contributed by atoms with Crippen molar-refractivity contribution in [1.29, 1.82) is 0 Å². The van der Waals surface area contributed by atoms with Crippen LogP contribution in [0.25, 0.3) is 0 Å². The first-order chi connectivity index (χ1) is 8.90. The minimum absolute atomic E-state index is 0.168. The predicted octanol–water partition coefficient (Wildman–Crippen LogP) is 4.49. The number of benzene rings is 2. The van der Waals surface area contributed by atoms with E-state index in [-0.39, 0.29) is 21.2 Å². The number of aliphatic hydroxyl groups is 1. The van der Waals surface area contributed by atoms with Gasteiger partial charge in [0.1, 0.15) is 11.9 Å². The van der Waals surface area contributed by atoms with Crippen LogP contribution in [0.4, 0.5) is 13.2 Å². The average Bonchev–Trinajstić information content (AvgIpc) is 2.36. The predicted molar refractivity (Wildman–Crippen MR) is 66.8 cm³/mol. The van der Waals surface area contributed by atoms with Gasteiger partial charge in [-0.3, -0.25) is 0 Å². The molecule has 0 radical (unpaired) electrons. The molecule has 19 heavy (non-hydrogen) atoms. The Hall–Kier alpha value is -1.23. The molecule has 1 unspecified atom stereocenters. The van der Waals surface area contributed by atoms with Crippen molar-refractivity contribution < 1.29 is 18.3 Å². The second-order valence-corrected chi connectivity index (χ2v) is 4.68. The van der Waals surface area contributed by atoms with Crippen molar-refractivity contribution >= 4 is 23.2 Å². The Morgan fingerprint density at radius 1 is 0.842 bits per heavy atom. The van der Waals surface area contributed by atoms with E-state index in [1.54, 1.807) is 0 Å². The first-order valence-corrected chi connectivity index (χ1v) is 5.93. The third kappa shape index (κ3) is 2.86. The average molecular weight is 307 g/mol. The van der Waals surface area contributed by atoms with Crippen LogP contribution < -0.4 is 0 Å². The molecule has 0 fully saturated rings. The molecule has 0 amide bonds. The molecule has 0 spiro atoms. The van der Waals surface area contributed by atoms with Crippen LogP contribution in [0, 0.1) is 17.5 Å². The van der Waals surface area contributed by atoms with Gasteiger partial charge in [-0.1, -0.05) is 29.3 Å². The molecular formula is C13H7Cl2F3O. The normalized spacial score (nSPS) is 12.5. The molecule has 2 aromatic rings. The third-order valence-corrected chi connectivity index (χ3v) is 3.33. The largest absolute Gasteiger partial charge is 0.384 e. The minimum Gasteiger partial charge on any atom is -0.384 e. The maximum atomic E-state index is 13.5. The van der Waals surface area contributed by atoms with E-state index in [2.05, 4.69) is 0 Å². The van der Waals surface area contributed by atoms with Gasteiger partial charge >= 0.3 is 0 Å². The fourth-order valence-corrected chi connectivity index (χ4v) is 1.92. The molecule has 100 valence electrons. The summed E-state index contributed by atoms with van der Waals surface area (Å²) in [5.41, 5.74) is -0.156. The highest BCUT2D eigenvalue weighted by Crippen LogP contribution is 2.30. The summed E-state index contributed by atoms with van der Waals surface area (Å²) in [6.07, 6.45) is -1.47. The molecule has 0 saturated carbocycles. The second-order valence-electron chi connectivity index (χ2n) is 3.86. The second kappa shape index (κ2) is 5.41. The summed E-state index contributed by atoms with van der Waals surface area (Å²) < 4.78 is 39.4. The minimum atomic E-state index is -1.47. The molecule has 0 aliphatic carbocycles. The van der Waals surface area contributed by atoms with Gasteiger partial charge in [-0.05, 0) is 23.8 Å². The Kier molecular flexibility index (Phi) is 4.04. The Morgan fingerprint density at radius 2 is 1.47 bits per heavy atom. The number of halogens is 5. The van der Waals surface area contributed by atoms with Crippen molar-refractivity contribution in [1.82, 2.24) is 0 Å². The van der Waals surface area contributed by atoms with Gasteiger partial charge in [0.15, 0.2) is 11.6 Å². The van der Waals surface area contributed by atoms with E-state index in [0.717, 1.165) is 0 Å². The highest BCUT2D eigenvalue weighted by molar-refractivity contribution is 6.42. The maximum Gasteiger partial charge on any atom is 0.161 e. The number of rotatable bonds is 2. The summed E-state index contributed by atoms with van der Waals surface area (Å²) in [5, 5.41) is 10.4. The fraction of sp³-hybridized carbons (Fsp3) is 0.0769. The molecule has 0 aliphatic heterocycles. The van der Waals surface area contributed by atoms with Crippen LogP contribution >= 0.6 is 23.2 Å². The van der Waals surface area contributed by atoms with E-state index < -0.39 is 23.6 Å². The molecule has 0 aliphatic rings. The molecule has 2 aromatic carbocycles. The summed E-state index contributed by atoms with van der Waals surface area (Å²) in [4.78, 5) is 0. The zero-order valence-electron chi connectivity index (χ0n) is 9.30. The summed E-state index contributed by atoms with van der Waals surface area (Å²) in [6, 6.07) is 5.15. The van der Waals surface area contributed by atoms with Crippen LogP contribution in [0.2, 0.25) is 10.0 Å². The molecule has 0 heterocycles. The van der Waals surface area contributed by atoms with Gasteiger partial charge < -0.3 is 5.11 Å². The monoisotopic (exact) mass is 306 g/mol. The van der Waals surface area contributed by atoms with Crippen molar-refractivity contribution in [3.8, 4) is 0 Å². The first-order valence-electron chi connectivity index (χ1n) is 5.17. The van der Waals surface area contributed by atoms with Crippen LogP contribution in [0.15, 0.2) is 30.3 Å². The SMILES string of the molecule is OC(c1ccc(Cl)c(Cl)c1)c1cc(F)c(F)cc1F. The van der Waals surface area contributed by atoms with Crippen LogP contribution in [-0.4, -0.2) is 5.11 Å². The number of hydrogen-bond donors (Lipinski definition) is 1. The standard InChI is InChI=1S/C13H7Cl2F3O/c14-8-2-1-6(3-9(8)15)13(19)7-4-11(17)12(18)5-10(7)16/h1-5,13,19H. The Bertz CT molecular complexity index is 632. The summed E-state index contributed by atoms with van der Waals surface area (Å²) in [7, 11) is 0. The lowest BCUT2D eigenvalue weighted by Crippen LogP contribution is -2.04. The van der Waals surface area contributed by atoms with Crippen LogP contribution in [0.3, 0.4) is 0 Å². The van der Waals surface area contributed by atoms with Crippen LogP contribution in [-0.2, 0) is 0 Å². The molecule has 2 rings (SSSR count). The van der Waals surface area contributed by atoms with E-state index in [1.807, 2.05) is 0 Å². The maximum absolute atomic E-state index is 13.5. The van der Waals surface area contributed by atoms with Crippen molar-refractivity contribution in [2.24, 2.45) is 0 Å². The highest BCUT2D eigenvalue weighted by Gasteiger charge is 2.19. The van der Waals surface area contributed by atoms with Gasteiger partial charge in [0.25, 0.3) is 0 Å². The molecule has 0 saturated heterocycles. The van der Waals surface area contributed by atoms with Gasteiger partial charge in [-0.15, -0.1) is 0 Å². The van der Waals surface area contributed by atoms with Gasteiger partial charge in [0.05, 0.1) is 10.0 Å². The summed E-state index contributed by atoms with van der Waals surface area (Å²) in [6.45, 7) is 0. The lowest BCUT2D eigenvalue weighted by atomic mass is 10.0. The van der Waals surface area contributed by atoms with Crippen molar-refractivity contribution in [3.63, 3.8) is 0 Å². The van der Waals surface area contributed by atoms with Gasteiger partial charge in [-0.25, -0.2) is 13.2 Å². The van der Waals surface area contributed by atoms with E-state index in [4.69, 9.17) is 23.2 Å². The van der Waals surface area contributed by atoms with Gasteiger partial charge in [0.2, 0.25) is 0 Å². The van der Waals surface area contributed by atoms with E-state index >= 15 is 0 Å². The highest BCUT2D eigenvalue weighted by atomic mass is 35.5. The molecule has 1 N–H and O–H groups in total. The zero-order valence-corrected chi connectivity index (χ0v) is 10.8. The Balaban J connectivity index is 2.46. The Labute approximate surface area is 117 Å². The summed E-state index contributed by atoms with van der Waals surface area (Å²) in [5.74, 6) is -3.60. The van der Waals surface area contributed by atoms with E-state index in [0.29, 0.717) is 12.1 Å². The zero-order chi connectivity index (χ0) is 14.2. The van der Waals surface area contributed by atoms with Crippen molar-refractivity contribution in [2.75, 3.05) is 0 Å². The Morgan fingerprint density at radius 3 is 2.11 bits per heavy atom. The number of hydrogen-bond acceptors (Lipinski definition) is 1. The third-order valence-electron chi connectivity index (χ3n) is 2.59. The summed E-state index contributed by atoms with van der Waals surface area (Å²) >= 11 is 11.5. The van der Waals surface area contributed by atoms with Crippen LogP contribution in [0.1, 0.15) is 17.2 Å². The van der Waals surface area contributed by atoms with E-state index in [9.17, 15) is 18.3 Å². The first kappa shape index (κ1) is 14.2. The molecule has 0 aromatic heterocycles. The van der Waals surface area contributed by atoms with Crippen molar-refractivity contribution in [2.45, 2.75) is 6.10 Å². The number of aliphatic hydroxyl groups excluding tert-OH is 1. The van der Waals surface area contributed by atoms with Crippen LogP contribution in [0.5, 0.6) is 0 Å². The molecule has 6 heteroatoms. The molecule has 1 atom stereocenters. The molecule has 1 nitrogen and oxygen atoms in total. The van der Waals surface area contributed by atoms with Gasteiger partial charge in [0, 0.05) is 11.6 Å². The van der Waals surface area contributed by atoms with Gasteiger partial charge in [-0.2, -0.15) is 0 Å². The molecular weight excluding hydrogens is 300 g/mol. The van der Waals surface area contributed by atoms with Crippen molar-refractivity contribution in [3.05, 3.63) is 69.0 Å². The smallest absolute Gasteiger partial charge is 0.161 e. The quantitative estimate of drug-likeness (QED) is 0.810. The lowest BCUT2D eigenvalue weighted by molar-refractivity contribution is 0.214. The molecule has 0 bridgehead atoms. The van der Waals surface area contributed by atoms with E-state index in [1.165, 1.54) is 18.2 Å².